The lowest BCUT2D eigenvalue weighted by atomic mass is 10.1. The van der Waals surface area contributed by atoms with Gasteiger partial charge in [0.1, 0.15) is 12.4 Å². The Bertz CT molecular complexity index is 1350. The quantitative estimate of drug-likeness (QED) is 0.370. The predicted molar refractivity (Wildman–Crippen MR) is 125 cm³/mol. The van der Waals surface area contributed by atoms with Crippen LogP contribution in [0.5, 0.6) is 5.75 Å². The van der Waals surface area contributed by atoms with E-state index in [-0.39, 0.29) is 12.3 Å². The Kier molecular flexibility index (Phi) is 6.52. The molecule has 5 nitrogen and oxygen atoms in total. The van der Waals surface area contributed by atoms with Crippen LogP contribution in [0, 0.1) is 11.3 Å². The molecule has 0 fully saturated rings. The van der Waals surface area contributed by atoms with Crippen molar-refractivity contribution < 1.29 is 22.7 Å². The summed E-state index contributed by atoms with van der Waals surface area (Å²) in [6, 6.07) is 21.7. The second-order valence-corrected chi connectivity index (χ2v) is 8.06. The Morgan fingerprint density at radius 1 is 1.06 bits per heavy atom. The minimum Gasteiger partial charge on any atom is -0.488 e. The molecule has 0 aliphatic carbocycles. The van der Waals surface area contributed by atoms with Gasteiger partial charge in [0, 0.05) is 5.56 Å². The second kappa shape index (κ2) is 9.53. The van der Waals surface area contributed by atoms with Gasteiger partial charge in [-0.1, -0.05) is 42.5 Å². The first-order valence-electron chi connectivity index (χ1n) is 9.95. The molecule has 3 aromatic rings. The molecule has 9 heteroatoms. The number of hydrogen-bond donors (Lipinski definition) is 0. The van der Waals surface area contributed by atoms with Crippen molar-refractivity contribution in [2.75, 3.05) is 5.01 Å². The van der Waals surface area contributed by atoms with Gasteiger partial charge < -0.3 is 4.74 Å². The molecule has 1 aliphatic heterocycles. The molecular formula is C25H15BrF3N3O2. The maximum atomic E-state index is 13.6. The molecule has 1 aliphatic rings. The zero-order chi connectivity index (χ0) is 24.3. The van der Waals surface area contributed by atoms with E-state index in [1.165, 1.54) is 18.2 Å². The summed E-state index contributed by atoms with van der Waals surface area (Å²) in [5.41, 5.74) is -0.0359. The molecule has 0 saturated carbocycles. The van der Waals surface area contributed by atoms with E-state index in [9.17, 15) is 23.2 Å². The van der Waals surface area contributed by atoms with Crippen LogP contribution >= 0.6 is 15.9 Å². The average Bonchev–Trinajstić information content (AvgIpc) is 3.15. The summed E-state index contributed by atoms with van der Waals surface area (Å²) >= 11 is 3.36. The normalized spacial score (nSPS) is 14.8. The number of para-hydroxylation sites is 1. The highest BCUT2D eigenvalue weighted by Crippen LogP contribution is 2.34. The predicted octanol–water partition coefficient (Wildman–Crippen LogP) is 6.25. The van der Waals surface area contributed by atoms with Crippen LogP contribution in [0.1, 0.15) is 16.7 Å². The third-order valence-corrected chi connectivity index (χ3v) is 5.55. The summed E-state index contributed by atoms with van der Waals surface area (Å²) < 4.78 is 47.2. The maximum absolute atomic E-state index is 13.6. The number of nitrogens with zero attached hydrogens (tertiary/aromatic N) is 3. The fourth-order valence-corrected chi connectivity index (χ4v) is 3.81. The topological polar surface area (TPSA) is 65.7 Å². The summed E-state index contributed by atoms with van der Waals surface area (Å²) in [4.78, 5) is 12.8. The zero-order valence-corrected chi connectivity index (χ0v) is 19.0. The second-order valence-electron chi connectivity index (χ2n) is 7.20. The van der Waals surface area contributed by atoms with Crippen molar-refractivity contribution in [3.8, 4) is 11.8 Å². The Labute approximate surface area is 201 Å². The molecule has 0 radical (unpaired) electrons. The first-order chi connectivity index (χ1) is 16.3. The van der Waals surface area contributed by atoms with Gasteiger partial charge in [0.2, 0.25) is 0 Å². The van der Waals surface area contributed by atoms with Crippen molar-refractivity contribution in [2.45, 2.75) is 12.8 Å². The zero-order valence-electron chi connectivity index (χ0n) is 17.4. The molecular weight excluding hydrogens is 511 g/mol. The van der Waals surface area contributed by atoms with Crippen LogP contribution in [0.2, 0.25) is 0 Å². The number of nitriles is 1. The molecule has 3 aromatic carbocycles. The molecule has 0 N–H and O–H groups in total. The fraction of sp³-hybridized carbons (Fsp3) is 0.0800. The molecule has 0 saturated heterocycles. The summed E-state index contributed by atoms with van der Waals surface area (Å²) in [5.74, 6) is -0.439. The van der Waals surface area contributed by atoms with E-state index in [2.05, 4.69) is 27.1 Å². The maximum Gasteiger partial charge on any atom is 0.435 e. The number of carbonyl (C=O) groups excluding carboxylic acids is 1. The van der Waals surface area contributed by atoms with E-state index in [0.29, 0.717) is 26.9 Å². The van der Waals surface area contributed by atoms with Crippen LogP contribution in [-0.2, 0) is 11.4 Å². The number of halogens is 4. The van der Waals surface area contributed by atoms with Gasteiger partial charge in [0.05, 0.1) is 27.4 Å². The lowest BCUT2D eigenvalue weighted by Gasteiger charge is -2.11. The number of anilines is 1. The Hall–Kier alpha value is -3.90. The molecule has 34 heavy (non-hydrogen) atoms. The molecule has 1 heterocycles. The summed E-state index contributed by atoms with van der Waals surface area (Å²) in [7, 11) is 0. The van der Waals surface area contributed by atoms with Gasteiger partial charge in [0.15, 0.2) is 5.71 Å². The summed E-state index contributed by atoms with van der Waals surface area (Å²) in [5, 5.41) is 13.5. The van der Waals surface area contributed by atoms with Crippen LogP contribution in [0.4, 0.5) is 18.9 Å². The lowest BCUT2D eigenvalue weighted by Crippen LogP contribution is -2.25. The van der Waals surface area contributed by atoms with Gasteiger partial charge in [-0.3, -0.25) is 4.79 Å². The summed E-state index contributed by atoms with van der Waals surface area (Å²) in [6.07, 6.45) is -3.66. The van der Waals surface area contributed by atoms with Crippen molar-refractivity contribution in [3.05, 3.63) is 99.5 Å². The number of ether oxygens (including phenoxy) is 1. The van der Waals surface area contributed by atoms with Crippen molar-refractivity contribution in [2.24, 2.45) is 5.10 Å². The highest BCUT2D eigenvalue weighted by molar-refractivity contribution is 9.10. The van der Waals surface area contributed by atoms with E-state index in [1.807, 2.05) is 0 Å². The van der Waals surface area contributed by atoms with E-state index in [4.69, 9.17) is 4.74 Å². The van der Waals surface area contributed by atoms with Crippen molar-refractivity contribution in [1.82, 2.24) is 0 Å². The minimum atomic E-state index is -4.81. The van der Waals surface area contributed by atoms with Gasteiger partial charge in [-0.15, -0.1) is 0 Å². The standard InChI is InChI=1S/C25H15BrF3N3O2/c26-21-13-16(10-11-22(21)34-15-18-7-5-4-6-17(18)14-30)12-20-23(25(27,28)29)31-32(24(20)33)19-8-2-1-3-9-19/h1-13H,15H2/b20-12-. The number of hydrogen-bond acceptors (Lipinski definition) is 4. The van der Waals surface area contributed by atoms with E-state index >= 15 is 0 Å². The SMILES string of the molecule is N#Cc1ccccc1COc1ccc(/C=C2\C(=O)N(c3ccccc3)N=C2C(F)(F)F)cc1Br. The van der Waals surface area contributed by atoms with Gasteiger partial charge in [0.25, 0.3) is 5.91 Å². The summed E-state index contributed by atoms with van der Waals surface area (Å²) in [6.45, 7) is 0.137. The van der Waals surface area contributed by atoms with Crippen molar-refractivity contribution in [3.63, 3.8) is 0 Å². The molecule has 4 rings (SSSR count). The monoisotopic (exact) mass is 525 g/mol. The number of amides is 1. The Morgan fingerprint density at radius 2 is 1.76 bits per heavy atom. The number of alkyl halides is 3. The molecule has 0 aromatic heterocycles. The van der Waals surface area contributed by atoms with Gasteiger partial charge in [-0.2, -0.15) is 28.5 Å². The molecule has 0 spiro atoms. The van der Waals surface area contributed by atoms with Crippen LogP contribution < -0.4 is 9.75 Å². The van der Waals surface area contributed by atoms with E-state index < -0.39 is 23.4 Å². The third-order valence-electron chi connectivity index (χ3n) is 4.94. The van der Waals surface area contributed by atoms with Gasteiger partial charge >= 0.3 is 6.18 Å². The molecule has 1 amide bonds. The van der Waals surface area contributed by atoms with Crippen molar-refractivity contribution in [1.29, 1.82) is 5.26 Å². The first-order valence-corrected chi connectivity index (χ1v) is 10.7. The first kappa shape index (κ1) is 23.3. The van der Waals surface area contributed by atoms with Crippen molar-refractivity contribution >= 4 is 39.3 Å². The molecule has 0 unspecified atom stereocenters. The Balaban J connectivity index is 1.60. The molecule has 0 atom stereocenters. The molecule has 0 bridgehead atoms. The minimum absolute atomic E-state index is 0.137. The smallest absolute Gasteiger partial charge is 0.435 e. The van der Waals surface area contributed by atoms with Gasteiger partial charge in [-0.05, 0) is 57.9 Å². The average molecular weight is 526 g/mol. The third kappa shape index (κ3) is 4.87. The number of rotatable bonds is 5. The van der Waals surface area contributed by atoms with Crippen LogP contribution in [0.25, 0.3) is 6.08 Å². The fourth-order valence-electron chi connectivity index (χ4n) is 3.30. The molecule has 170 valence electrons. The van der Waals surface area contributed by atoms with Crippen LogP contribution in [0.3, 0.4) is 0 Å². The Morgan fingerprint density at radius 3 is 2.44 bits per heavy atom. The van der Waals surface area contributed by atoms with Crippen LogP contribution in [-0.4, -0.2) is 17.8 Å². The van der Waals surface area contributed by atoms with E-state index in [0.717, 1.165) is 11.1 Å². The highest BCUT2D eigenvalue weighted by Gasteiger charge is 2.46. The highest BCUT2D eigenvalue weighted by atomic mass is 79.9. The lowest BCUT2D eigenvalue weighted by molar-refractivity contribution is -0.114. The van der Waals surface area contributed by atoms with Crippen LogP contribution in [0.15, 0.2) is 87.9 Å². The largest absolute Gasteiger partial charge is 0.488 e. The number of carbonyl (C=O) groups is 1. The number of benzene rings is 3. The van der Waals surface area contributed by atoms with E-state index in [1.54, 1.807) is 54.6 Å². The van der Waals surface area contributed by atoms with Gasteiger partial charge in [-0.25, -0.2) is 0 Å². The number of hydrazone groups is 1.